The number of nitrogens with zero attached hydrogens (tertiary/aromatic N) is 3. The van der Waals surface area contributed by atoms with E-state index in [1.807, 2.05) is 6.07 Å². The predicted octanol–water partition coefficient (Wildman–Crippen LogP) is 2.08. The van der Waals surface area contributed by atoms with Crippen LogP contribution in [0.4, 0.5) is 5.69 Å². The molecule has 0 radical (unpaired) electrons. The number of hydrogen-bond acceptors (Lipinski definition) is 5. The first-order valence-electron chi connectivity index (χ1n) is 7.43. The van der Waals surface area contributed by atoms with E-state index in [9.17, 15) is 19.7 Å². The van der Waals surface area contributed by atoms with Crippen LogP contribution >= 0.6 is 0 Å². The summed E-state index contributed by atoms with van der Waals surface area (Å²) in [6.07, 6.45) is 2.17. The second-order valence-electron chi connectivity index (χ2n) is 5.67. The highest BCUT2D eigenvalue weighted by Crippen LogP contribution is 2.34. The molecular weight excluding hydrogens is 312 g/mol. The Morgan fingerprint density at radius 1 is 1.25 bits per heavy atom. The Morgan fingerprint density at radius 3 is 2.83 bits per heavy atom. The molecular formula is C16H12N4O4. The van der Waals surface area contributed by atoms with Gasteiger partial charge in [0.15, 0.2) is 0 Å². The van der Waals surface area contributed by atoms with Crippen molar-refractivity contribution in [3.63, 3.8) is 0 Å². The van der Waals surface area contributed by atoms with E-state index in [0.717, 1.165) is 10.8 Å². The van der Waals surface area contributed by atoms with Gasteiger partial charge in [-0.3, -0.25) is 25.0 Å². The predicted molar refractivity (Wildman–Crippen MR) is 85.3 cm³/mol. The van der Waals surface area contributed by atoms with Crippen LogP contribution in [0, 0.1) is 10.1 Å². The summed E-state index contributed by atoms with van der Waals surface area (Å²) in [7, 11) is 0. The summed E-state index contributed by atoms with van der Waals surface area (Å²) in [6, 6.07) is 7.56. The number of imide groups is 1. The number of aromatic nitrogens is 2. The van der Waals surface area contributed by atoms with E-state index < -0.39 is 16.9 Å². The molecule has 8 nitrogen and oxygen atoms in total. The summed E-state index contributed by atoms with van der Waals surface area (Å²) in [5, 5.41) is 15.0. The summed E-state index contributed by atoms with van der Waals surface area (Å²) in [6.45, 7) is 0. The number of piperidine rings is 1. The maximum absolute atomic E-state index is 12.3. The average Bonchev–Trinajstić information content (AvgIpc) is 2.89. The molecule has 1 N–H and O–H groups in total. The van der Waals surface area contributed by atoms with Crippen LogP contribution in [-0.2, 0) is 9.59 Å². The van der Waals surface area contributed by atoms with Crippen molar-refractivity contribution in [1.82, 2.24) is 14.9 Å². The molecule has 8 heteroatoms. The Bertz CT molecular complexity index is 1020. The average molecular weight is 324 g/mol. The second kappa shape index (κ2) is 5.12. The van der Waals surface area contributed by atoms with Crippen molar-refractivity contribution in [1.29, 1.82) is 0 Å². The van der Waals surface area contributed by atoms with E-state index >= 15 is 0 Å². The molecule has 1 atom stereocenters. The van der Waals surface area contributed by atoms with Gasteiger partial charge < -0.3 is 4.57 Å². The van der Waals surface area contributed by atoms with Gasteiger partial charge in [-0.2, -0.15) is 0 Å². The lowest BCUT2D eigenvalue weighted by atomic mass is 10.1. The van der Waals surface area contributed by atoms with Crippen LogP contribution in [0.1, 0.15) is 18.9 Å². The molecule has 3 heterocycles. The van der Waals surface area contributed by atoms with Crippen molar-refractivity contribution in [3.8, 4) is 0 Å². The van der Waals surface area contributed by atoms with Crippen LogP contribution < -0.4 is 5.32 Å². The van der Waals surface area contributed by atoms with Crippen LogP contribution in [0.2, 0.25) is 0 Å². The van der Waals surface area contributed by atoms with Crippen molar-refractivity contribution in [2.75, 3.05) is 0 Å². The van der Waals surface area contributed by atoms with Crippen molar-refractivity contribution < 1.29 is 14.5 Å². The highest BCUT2D eigenvalue weighted by atomic mass is 16.6. The van der Waals surface area contributed by atoms with Crippen molar-refractivity contribution in [2.24, 2.45) is 0 Å². The lowest BCUT2D eigenvalue weighted by Crippen LogP contribution is -2.41. The number of carbonyl (C=O) groups is 2. The highest BCUT2D eigenvalue weighted by Gasteiger charge is 2.31. The molecule has 2 amide bonds. The molecule has 1 fully saturated rings. The first kappa shape index (κ1) is 14.3. The van der Waals surface area contributed by atoms with Crippen LogP contribution in [-0.4, -0.2) is 26.3 Å². The number of amides is 2. The molecule has 0 spiro atoms. The molecule has 1 aliphatic heterocycles. The number of benzene rings is 1. The normalized spacial score (nSPS) is 18.1. The Kier molecular flexibility index (Phi) is 3.05. The van der Waals surface area contributed by atoms with E-state index in [1.54, 1.807) is 22.9 Å². The molecule has 1 aromatic carbocycles. The number of carbonyl (C=O) groups excluding carboxylic acids is 2. The molecule has 0 aliphatic carbocycles. The largest absolute Gasteiger partial charge is 0.312 e. The third kappa shape index (κ3) is 2.03. The number of nitrogens with one attached hydrogen (secondary N) is 1. The molecule has 3 aromatic rings. The first-order chi connectivity index (χ1) is 11.6. The van der Waals surface area contributed by atoms with Gasteiger partial charge in [0.2, 0.25) is 11.8 Å². The van der Waals surface area contributed by atoms with Crippen LogP contribution in [0.5, 0.6) is 0 Å². The number of nitro benzene ring substituents is 1. The third-order valence-electron chi connectivity index (χ3n) is 4.28. The summed E-state index contributed by atoms with van der Waals surface area (Å²) in [5.74, 6) is -0.724. The number of hydrogen-bond donors (Lipinski definition) is 1. The lowest BCUT2D eigenvalue weighted by molar-refractivity contribution is -0.384. The van der Waals surface area contributed by atoms with Crippen LogP contribution in [0.15, 0.2) is 36.5 Å². The monoisotopic (exact) mass is 324 g/mol. The van der Waals surface area contributed by atoms with Gasteiger partial charge >= 0.3 is 0 Å². The molecule has 0 bridgehead atoms. The zero-order valence-electron chi connectivity index (χ0n) is 12.4. The quantitative estimate of drug-likeness (QED) is 0.441. The van der Waals surface area contributed by atoms with E-state index in [0.29, 0.717) is 17.6 Å². The van der Waals surface area contributed by atoms with Gasteiger partial charge in [-0.1, -0.05) is 0 Å². The zero-order chi connectivity index (χ0) is 16.8. The smallest absolute Gasteiger partial charge is 0.271 e. The van der Waals surface area contributed by atoms with Gasteiger partial charge in [0.1, 0.15) is 11.7 Å². The first-order valence-corrected chi connectivity index (χ1v) is 7.43. The number of rotatable bonds is 2. The standard InChI is InChI=1S/C16H12N4O4/c21-14-6-5-12(16(22)18-14)19-13-8-9(20(23)24)3-4-10(13)11-2-1-7-17-15(11)19/h1-4,7-8,12H,5-6H2,(H,18,21,22). The highest BCUT2D eigenvalue weighted by molar-refractivity contribution is 6.09. The zero-order valence-corrected chi connectivity index (χ0v) is 12.4. The molecule has 24 heavy (non-hydrogen) atoms. The summed E-state index contributed by atoms with van der Waals surface area (Å²) in [5.41, 5.74) is 1.08. The van der Waals surface area contributed by atoms with Crippen molar-refractivity contribution in [2.45, 2.75) is 18.9 Å². The molecule has 1 saturated heterocycles. The SMILES string of the molecule is O=C1CCC(n2c3cc([N+](=O)[O-])ccc3c3cccnc32)C(=O)N1. The molecule has 4 rings (SSSR count). The summed E-state index contributed by atoms with van der Waals surface area (Å²) >= 11 is 0. The van der Waals surface area contributed by atoms with Crippen molar-refractivity contribution >= 4 is 39.4 Å². The molecule has 120 valence electrons. The molecule has 1 unspecified atom stereocenters. The minimum atomic E-state index is -0.625. The van der Waals surface area contributed by atoms with E-state index in [1.165, 1.54) is 12.1 Å². The number of non-ortho nitro benzene ring substituents is 1. The Morgan fingerprint density at radius 2 is 2.08 bits per heavy atom. The summed E-state index contributed by atoms with van der Waals surface area (Å²) in [4.78, 5) is 38.7. The lowest BCUT2D eigenvalue weighted by Gasteiger charge is -2.23. The maximum atomic E-state index is 12.3. The Labute approximate surface area is 135 Å². The van der Waals surface area contributed by atoms with Gasteiger partial charge in [0, 0.05) is 35.5 Å². The van der Waals surface area contributed by atoms with E-state index in [2.05, 4.69) is 10.3 Å². The van der Waals surface area contributed by atoms with E-state index in [-0.39, 0.29) is 18.0 Å². The fourth-order valence-corrected chi connectivity index (χ4v) is 3.22. The molecule has 2 aromatic heterocycles. The Hall–Kier alpha value is -3.29. The Balaban J connectivity index is 2.03. The van der Waals surface area contributed by atoms with E-state index in [4.69, 9.17) is 0 Å². The van der Waals surface area contributed by atoms with Gasteiger partial charge in [0.05, 0.1) is 10.4 Å². The fraction of sp³-hybridized carbons (Fsp3) is 0.188. The second-order valence-corrected chi connectivity index (χ2v) is 5.67. The molecule has 0 saturated carbocycles. The number of nitro groups is 1. The minimum absolute atomic E-state index is 0.0566. The van der Waals surface area contributed by atoms with Crippen molar-refractivity contribution in [3.05, 3.63) is 46.6 Å². The minimum Gasteiger partial charge on any atom is -0.312 e. The topological polar surface area (TPSA) is 107 Å². The maximum Gasteiger partial charge on any atom is 0.271 e. The fourth-order valence-electron chi connectivity index (χ4n) is 3.22. The van der Waals surface area contributed by atoms with Crippen LogP contribution in [0.3, 0.4) is 0 Å². The number of pyridine rings is 1. The van der Waals surface area contributed by atoms with Crippen LogP contribution in [0.25, 0.3) is 21.9 Å². The molecule has 1 aliphatic rings. The summed E-state index contributed by atoms with van der Waals surface area (Å²) < 4.78 is 1.69. The number of fused-ring (bicyclic) bond motifs is 3. The third-order valence-corrected chi connectivity index (χ3v) is 4.28. The van der Waals surface area contributed by atoms with Gasteiger partial charge in [-0.05, 0) is 24.6 Å². The van der Waals surface area contributed by atoms with Gasteiger partial charge in [-0.25, -0.2) is 4.98 Å². The van der Waals surface area contributed by atoms with Gasteiger partial charge in [0.25, 0.3) is 5.69 Å². The van der Waals surface area contributed by atoms with Gasteiger partial charge in [-0.15, -0.1) is 0 Å².